The lowest BCUT2D eigenvalue weighted by molar-refractivity contribution is 0.199. The molecule has 2 heterocycles. The normalized spacial score (nSPS) is 10.8. The molecule has 0 saturated heterocycles. The average Bonchev–Trinajstić information content (AvgIpc) is 2.85. The number of pyridine rings is 1. The molecular formula is C13H17ClN4O. The molecule has 0 fully saturated rings. The molecule has 19 heavy (non-hydrogen) atoms. The highest BCUT2D eigenvalue weighted by molar-refractivity contribution is 6.31. The Balaban J connectivity index is 1.98. The van der Waals surface area contributed by atoms with E-state index in [1.54, 1.807) is 25.7 Å². The molecule has 0 atom stereocenters. The van der Waals surface area contributed by atoms with Gasteiger partial charge in [-0.3, -0.25) is 4.98 Å². The zero-order valence-corrected chi connectivity index (χ0v) is 11.6. The second-order valence-corrected chi connectivity index (χ2v) is 4.52. The van der Waals surface area contributed by atoms with Crippen LogP contribution in [0, 0.1) is 0 Å². The highest BCUT2D eigenvalue weighted by Crippen LogP contribution is 2.15. The molecule has 0 bridgehead atoms. The molecule has 0 amide bonds. The first kappa shape index (κ1) is 14.0. The van der Waals surface area contributed by atoms with Crippen LogP contribution in [-0.2, 0) is 17.8 Å². The van der Waals surface area contributed by atoms with Gasteiger partial charge in [-0.2, -0.15) is 0 Å². The SMILES string of the molecule is COCCNCc1nccn1Cc1ccncc1Cl. The number of ether oxygens (including phenoxy) is 1. The first-order chi connectivity index (χ1) is 9.31. The number of imidazole rings is 1. The lowest BCUT2D eigenvalue weighted by Crippen LogP contribution is -2.21. The number of nitrogens with zero attached hydrogens (tertiary/aromatic N) is 3. The third kappa shape index (κ3) is 4.02. The fraction of sp³-hybridized carbons (Fsp3) is 0.385. The molecule has 0 aliphatic heterocycles. The van der Waals surface area contributed by atoms with Gasteiger partial charge in [0.05, 0.1) is 24.7 Å². The molecule has 0 spiro atoms. The van der Waals surface area contributed by atoms with Crippen molar-refractivity contribution >= 4 is 11.6 Å². The van der Waals surface area contributed by atoms with Gasteiger partial charge >= 0.3 is 0 Å². The second kappa shape index (κ2) is 7.23. The Hall–Kier alpha value is -1.43. The Morgan fingerprint density at radius 1 is 1.42 bits per heavy atom. The Morgan fingerprint density at radius 2 is 2.32 bits per heavy atom. The molecule has 2 aromatic rings. The van der Waals surface area contributed by atoms with Crippen molar-refractivity contribution in [1.82, 2.24) is 19.9 Å². The van der Waals surface area contributed by atoms with Crippen molar-refractivity contribution in [3.05, 3.63) is 47.3 Å². The van der Waals surface area contributed by atoms with E-state index >= 15 is 0 Å². The molecule has 2 rings (SSSR count). The van der Waals surface area contributed by atoms with Crippen LogP contribution in [0.3, 0.4) is 0 Å². The maximum absolute atomic E-state index is 6.11. The topological polar surface area (TPSA) is 52.0 Å². The molecule has 0 aliphatic rings. The van der Waals surface area contributed by atoms with Crippen molar-refractivity contribution in [2.24, 2.45) is 0 Å². The number of nitrogens with one attached hydrogen (secondary N) is 1. The van der Waals surface area contributed by atoms with Gasteiger partial charge in [-0.05, 0) is 11.6 Å². The first-order valence-electron chi connectivity index (χ1n) is 6.09. The van der Waals surface area contributed by atoms with E-state index in [-0.39, 0.29) is 0 Å². The van der Waals surface area contributed by atoms with Gasteiger partial charge in [-0.25, -0.2) is 4.98 Å². The van der Waals surface area contributed by atoms with Gasteiger partial charge in [-0.15, -0.1) is 0 Å². The van der Waals surface area contributed by atoms with Crippen LogP contribution in [0.4, 0.5) is 0 Å². The summed E-state index contributed by atoms with van der Waals surface area (Å²) in [4.78, 5) is 8.32. The van der Waals surface area contributed by atoms with Crippen molar-refractivity contribution in [3.8, 4) is 0 Å². The molecule has 5 nitrogen and oxygen atoms in total. The molecule has 1 N–H and O–H groups in total. The minimum Gasteiger partial charge on any atom is -0.383 e. The summed E-state index contributed by atoms with van der Waals surface area (Å²) in [5.74, 6) is 0.976. The third-order valence-electron chi connectivity index (χ3n) is 2.76. The average molecular weight is 281 g/mol. The fourth-order valence-electron chi connectivity index (χ4n) is 1.74. The zero-order chi connectivity index (χ0) is 13.5. The van der Waals surface area contributed by atoms with Crippen molar-refractivity contribution in [1.29, 1.82) is 0 Å². The fourth-order valence-corrected chi connectivity index (χ4v) is 1.92. The first-order valence-corrected chi connectivity index (χ1v) is 6.47. The number of halogens is 1. The van der Waals surface area contributed by atoms with E-state index in [4.69, 9.17) is 16.3 Å². The lowest BCUT2D eigenvalue weighted by Gasteiger charge is -2.09. The van der Waals surface area contributed by atoms with E-state index < -0.39 is 0 Å². The summed E-state index contributed by atoms with van der Waals surface area (Å²) >= 11 is 6.11. The second-order valence-electron chi connectivity index (χ2n) is 4.11. The van der Waals surface area contributed by atoms with Gasteiger partial charge in [-0.1, -0.05) is 11.6 Å². The highest BCUT2D eigenvalue weighted by Gasteiger charge is 2.05. The minimum atomic E-state index is 0.675. The molecule has 0 aliphatic carbocycles. The monoisotopic (exact) mass is 280 g/mol. The van der Waals surface area contributed by atoms with Crippen LogP contribution in [0.5, 0.6) is 0 Å². The van der Waals surface area contributed by atoms with Crippen LogP contribution < -0.4 is 5.32 Å². The number of methoxy groups -OCH3 is 1. The lowest BCUT2D eigenvalue weighted by atomic mass is 10.2. The summed E-state index contributed by atoms with van der Waals surface area (Å²) in [5.41, 5.74) is 1.04. The number of hydrogen-bond donors (Lipinski definition) is 1. The largest absolute Gasteiger partial charge is 0.383 e. The van der Waals surface area contributed by atoms with Gasteiger partial charge in [0, 0.05) is 38.4 Å². The van der Waals surface area contributed by atoms with Gasteiger partial charge in [0.25, 0.3) is 0 Å². The highest BCUT2D eigenvalue weighted by atomic mass is 35.5. The van der Waals surface area contributed by atoms with E-state index in [1.165, 1.54) is 0 Å². The van der Waals surface area contributed by atoms with Crippen LogP contribution in [0.25, 0.3) is 0 Å². The summed E-state index contributed by atoms with van der Waals surface area (Å²) in [7, 11) is 1.69. The Kier molecular flexibility index (Phi) is 5.32. The summed E-state index contributed by atoms with van der Waals surface area (Å²) in [6.45, 7) is 2.90. The van der Waals surface area contributed by atoms with Crippen LogP contribution in [0.1, 0.15) is 11.4 Å². The zero-order valence-electron chi connectivity index (χ0n) is 10.8. The summed E-state index contributed by atoms with van der Waals surface area (Å²) < 4.78 is 7.06. The number of rotatable bonds is 7. The molecule has 0 unspecified atom stereocenters. The summed E-state index contributed by atoms with van der Waals surface area (Å²) in [6, 6.07) is 1.92. The predicted molar refractivity (Wildman–Crippen MR) is 74.2 cm³/mol. The molecular weight excluding hydrogens is 264 g/mol. The quantitative estimate of drug-likeness (QED) is 0.785. The van der Waals surface area contributed by atoms with Crippen molar-refractivity contribution < 1.29 is 4.74 Å². The molecule has 102 valence electrons. The van der Waals surface area contributed by atoms with Crippen LogP contribution in [0.2, 0.25) is 5.02 Å². The molecule has 6 heteroatoms. The van der Waals surface area contributed by atoms with Crippen LogP contribution in [0.15, 0.2) is 30.9 Å². The van der Waals surface area contributed by atoms with E-state index in [9.17, 15) is 0 Å². The van der Waals surface area contributed by atoms with E-state index in [1.807, 2.05) is 12.3 Å². The van der Waals surface area contributed by atoms with Crippen molar-refractivity contribution in [2.75, 3.05) is 20.3 Å². The van der Waals surface area contributed by atoms with Crippen LogP contribution >= 0.6 is 11.6 Å². The number of hydrogen-bond acceptors (Lipinski definition) is 4. The Morgan fingerprint density at radius 3 is 3.11 bits per heavy atom. The van der Waals surface area contributed by atoms with Gasteiger partial charge in [0.1, 0.15) is 5.82 Å². The maximum atomic E-state index is 6.11. The van der Waals surface area contributed by atoms with E-state index in [0.717, 1.165) is 17.9 Å². The number of aromatic nitrogens is 3. The standard InChI is InChI=1S/C13H17ClN4O/c1-19-7-5-16-9-13-17-4-6-18(13)10-11-2-3-15-8-12(11)14/h2-4,6,8,16H,5,7,9-10H2,1H3. The summed E-state index contributed by atoms with van der Waals surface area (Å²) in [6.07, 6.45) is 7.14. The molecule has 0 saturated carbocycles. The Labute approximate surface area is 117 Å². The molecule has 0 radical (unpaired) electrons. The van der Waals surface area contributed by atoms with Crippen molar-refractivity contribution in [2.45, 2.75) is 13.1 Å². The van der Waals surface area contributed by atoms with Gasteiger partial charge < -0.3 is 14.6 Å². The van der Waals surface area contributed by atoms with Gasteiger partial charge in [0.2, 0.25) is 0 Å². The van der Waals surface area contributed by atoms with Crippen molar-refractivity contribution in [3.63, 3.8) is 0 Å². The Bertz CT molecular complexity index is 515. The van der Waals surface area contributed by atoms with Gasteiger partial charge in [0.15, 0.2) is 0 Å². The van der Waals surface area contributed by atoms with E-state index in [0.29, 0.717) is 24.7 Å². The summed E-state index contributed by atoms with van der Waals surface area (Å²) in [5, 5.41) is 3.95. The van der Waals surface area contributed by atoms with E-state index in [2.05, 4.69) is 19.9 Å². The molecule has 0 aromatic carbocycles. The smallest absolute Gasteiger partial charge is 0.122 e. The predicted octanol–water partition coefficient (Wildman–Crippen LogP) is 1.72. The maximum Gasteiger partial charge on any atom is 0.122 e. The minimum absolute atomic E-state index is 0.675. The molecule has 2 aromatic heterocycles. The van der Waals surface area contributed by atoms with Crippen LogP contribution in [-0.4, -0.2) is 34.8 Å². The third-order valence-corrected chi connectivity index (χ3v) is 3.11.